The van der Waals surface area contributed by atoms with Crippen LogP contribution in [0.3, 0.4) is 0 Å². The molecule has 0 fully saturated rings. The van der Waals surface area contributed by atoms with Crippen LogP contribution < -0.4 is 5.32 Å². The van der Waals surface area contributed by atoms with Gasteiger partial charge in [0.25, 0.3) is 5.91 Å². The van der Waals surface area contributed by atoms with Gasteiger partial charge in [-0.3, -0.25) is 9.59 Å². The monoisotopic (exact) mass is 432 g/mol. The maximum Gasteiger partial charge on any atom is 0.311 e. The van der Waals surface area contributed by atoms with Gasteiger partial charge in [0.15, 0.2) is 0 Å². The van der Waals surface area contributed by atoms with E-state index in [0.717, 1.165) is 16.7 Å². The zero-order valence-electron chi connectivity index (χ0n) is 17.7. The highest BCUT2D eigenvalue weighted by Crippen LogP contribution is 2.26. The molecule has 0 unspecified atom stereocenters. The Kier molecular flexibility index (Phi) is 7.13. The van der Waals surface area contributed by atoms with Crippen molar-refractivity contribution in [2.75, 3.05) is 13.2 Å². The number of aliphatic hydroxyl groups is 1. The average molecular weight is 432 g/mol. The van der Waals surface area contributed by atoms with E-state index in [4.69, 9.17) is 5.26 Å². The number of benzene rings is 2. The minimum atomic E-state index is -1.40. The number of hydrogen-bond acceptors (Lipinski definition) is 6. The Hall–Kier alpha value is -3.83. The zero-order valence-corrected chi connectivity index (χ0v) is 17.7. The fraction of sp³-hybridized carbons (Fsp3) is 0.292. The largest absolute Gasteiger partial charge is 0.481 e. The first-order valence-electron chi connectivity index (χ1n) is 10.2. The number of carbonyl (C=O) groups is 2. The molecule has 0 radical (unpaired) electrons. The van der Waals surface area contributed by atoms with E-state index in [9.17, 15) is 19.8 Å². The van der Waals surface area contributed by atoms with Gasteiger partial charge in [-0.05, 0) is 54.7 Å². The van der Waals surface area contributed by atoms with Gasteiger partial charge in [0.2, 0.25) is 0 Å². The first-order valence-corrected chi connectivity index (χ1v) is 10.2. The van der Waals surface area contributed by atoms with Crippen molar-refractivity contribution >= 4 is 11.9 Å². The van der Waals surface area contributed by atoms with Gasteiger partial charge in [0.05, 0.1) is 30.2 Å². The van der Waals surface area contributed by atoms with Crippen molar-refractivity contribution < 1.29 is 19.8 Å². The Labute approximate surface area is 185 Å². The molecular formula is C24H24N4O4. The van der Waals surface area contributed by atoms with E-state index in [0.29, 0.717) is 18.5 Å². The number of carbonyl (C=O) groups excluding carboxylic acids is 1. The maximum absolute atomic E-state index is 12.5. The van der Waals surface area contributed by atoms with Crippen molar-refractivity contribution in [3.63, 3.8) is 0 Å². The molecule has 0 spiro atoms. The fourth-order valence-corrected chi connectivity index (χ4v) is 3.51. The van der Waals surface area contributed by atoms with E-state index in [-0.39, 0.29) is 12.1 Å². The van der Waals surface area contributed by atoms with Crippen LogP contribution in [0, 0.1) is 16.7 Å². The summed E-state index contributed by atoms with van der Waals surface area (Å²) < 4.78 is 0. The Morgan fingerprint density at radius 2 is 1.97 bits per heavy atom. The molecule has 1 aliphatic rings. The summed E-state index contributed by atoms with van der Waals surface area (Å²) in [7, 11) is 0. The molecule has 1 heterocycles. The normalized spacial score (nSPS) is 15.3. The van der Waals surface area contributed by atoms with Gasteiger partial charge in [-0.15, -0.1) is 0 Å². The Morgan fingerprint density at radius 3 is 2.56 bits per heavy atom. The van der Waals surface area contributed by atoms with Gasteiger partial charge in [0.1, 0.15) is 5.70 Å². The smallest absolute Gasteiger partial charge is 0.311 e. The molecule has 8 heteroatoms. The molecule has 0 saturated heterocycles. The van der Waals surface area contributed by atoms with Crippen LogP contribution in [0.15, 0.2) is 70.5 Å². The van der Waals surface area contributed by atoms with Crippen LogP contribution in [-0.2, 0) is 16.0 Å². The average Bonchev–Trinajstić information content (AvgIpc) is 3.34. The van der Waals surface area contributed by atoms with Crippen LogP contribution in [0.4, 0.5) is 0 Å². The lowest BCUT2D eigenvalue weighted by Crippen LogP contribution is -2.44. The molecule has 0 bridgehead atoms. The highest BCUT2D eigenvalue weighted by atomic mass is 16.4. The van der Waals surface area contributed by atoms with Gasteiger partial charge >= 0.3 is 5.97 Å². The third-order valence-electron chi connectivity index (χ3n) is 5.44. The van der Waals surface area contributed by atoms with Crippen molar-refractivity contribution in [2.45, 2.75) is 25.8 Å². The van der Waals surface area contributed by atoms with E-state index < -0.39 is 29.9 Å². The van der Waals surface area contributed by atoms with Crippen molar-refractivity contribution in [2.24, 2.45) is 15.6 Å². The molecule has 2 aromatic carbocycles. The molecule has 164 valence electrons. The molecule has 1 aliphatic heterocycles. The fourth-order valence-electron chi connectivity index (χ4n) is 3.51. The molecule has 0 aliphatic carbocycles. The van der Waals surface area contributed by atoms with Gasteiger partial charge in [-0.25, -0.2) is 0 Å². The number of carboxylic acid groups (broad SMARTS) is 1. The Morgan fingerprint density at radius 1 is 1.22 bits per heavy atom. The number of nitrogens with zero attached hydrogens (tertiary/aromatic N) is 3. The lowest BCUT2D eigenvalue weighted by atomic mass is 9.82. The van der Waals surface area contributed by atoms with Gasteiger partial charge in [-0.1, -0.05) is 36.4 Å². The predicted molar refractivity (Wildman–Crippen MR) is 117 cm³/mol. The number of nitriles is 1. The molecule has 1 amide bonds. The van der Waals surface area contributed by atoms with Crippen LogP contribution in [0.1, 0.15) is 24.5 Å². The predicted octanol–water partition coefficient (Wildman–Crippen LogP) is 3.08. The molecule has 0 aromatic heterocycles. The molecule has 2 aromatic rings. The maximum atomic E-state index is 12.5. The minimum absolute atomic E-state index is 0.0426. The quantitative estimate of drug-likeness (QED) is 0.560. The molecule has 3 rings (SSSR count). The van der Waals surface area contributed by atoms with Crippen LogP contribution in [-0.4, -0.2) is 41.3 Å². The number of azo groups is 1. The molecule has 2 atom stereocenters. The standard InChI is InChI=1S/C24H24N4O4/c1-24(15-29,23(31)32)13-20(27-22(30)21-9-10-26-28-21)12-16-5-7-18(8-6-16)19-4-2-3-17(11-19)14-25/h2-9,11,20,29H,10,12-13,15H2,1H3,(H,27,30)(H,31,32)/t20-,24+/m1/s1. The molecule has 8 nitrogen and oxygen atoms in total. The lowest BCUT2D eigenvalue weighted by Gasteiger charge is -2.28. The first kappa shape index (κ1) is 22.8. The Bertz CT molecular complexity index is 1100. The molecule has 0 saturated carbocycles. The summed E-state index contributed by atoms with van der Waals surface area (Å²) in [5.74, 6) is -1.56. The van der Waals surface area contributed by atoms with Gasteiger partial charge < -0.3 is 15.5 Å². The number of aliphatic carboxylic acids is 1. The van der Waals surface area contributed by atoms with Crippen molar-refractivity contribution in [3.05, 3.63) is 71.4 Å². The van der Waals surface area contributed by atoms with Crippen LogP contribution in [0.25, 0.3) is 11.1 Å². The summed E-state index contributed by atoms with van der Waals surface area (Å²) >= 11 is 0. The summed E-state index contributed by atoms with van der Waals surface area (Å²) in [5.41, 5.74) is 2.12. The number of carboxylic acids is 1. The van der Waals surface area contributed by atoms with E-state index in [1.807, 2.05) is 42.5 Å². The summed E-state index contributed by atoms with van der Waals surface area (Å²) in [6, 6.07) is 16.5. The minimum Gasteiger partial charge on any atom is -0.481 e. The highest BCUT2D eigenvalue weighted by molar-refractivity contribution is 5.93. The number of nitrogens with one attached hydrogen (secondary N) is 1. The lowest BCUT2D eigenvalue weighted by molar-refractivity contribution is -0.151. The number of rotatable bonds is 9. The summed E-state index contributed by atoms with van der Waals surface area (Å²) in [5, 5.41) is 38.7. The summed E-state index contributed by atoms with van der Waals surface area (Å²) in [4.78, 5) is 24.2. The first-order chi connectivity index (χ1) is 15.3. The number of amides is 1. The molecular weight excluding hydrogens is 408 g/mol. The van der Waals surface area contributed by atoms with E-state index in [1.54, 1.807) is 12.1 Å². The second-order valence-electron chi connectivity index (χ2n) is 8.01. The van der Waals surface area contributed by atoms with Gasteiger partial charge in [-0.2, -0.15) is 15.5 Å². The van der Waals surface area contributed by atoms with Gasteiger partial charge in [0, 0.05) is 6.04 Å². The second-order valence-corrected chi connectivity index (χ2v) is 8.01. The van der Waals surface area contributed by atoms with Crippen LogP contribution >= 0.6 is 0 Å². The van der Waals surface area contributed by atoms with Crippen LogP contribution in [0.5, 0.6) is 0 Å². The third kappa shape index (κ3) is 5.45. The zero-order chi connectivity index (χ0) is 23.1. The number of hydrogen-bond donors (Lipinski definition) is 3. The topological polar surface area (TPSA) is 135 Å². The SMILES string of the molecule is C[C@@](CO)(C[C@@H](Cc1ccc(-c2cccc(C#N)c2)cc1)NC(=O)C1=CCN=N1)C(=O)O. The van der Waals surface area contributed by atoms with Crippen molar-refractivity contribution in [1.82, 2.24) is 5.32 Å². The molecule has 3 N–H and O–H groups in total. The third-order valence-corrected chi connectivity index (χ3v) is 5.44. The van der Waals surface area contributed by atoms with Crippen molar-refractivity contribution in [3.8, 4) is 17.2 Å². The van der Waals surface area contributed by atoms with E-state index in [2.05, 4.69) is 21.6 Å². The van der Waals surface area contributed by atoms with E-state index in [1.165, 1.54) is 6.92 Å². The number of aliphatic hydroxyl groups excluding tert-OH is 1. The summed E-state index contributed by atoms with van der Waals surface area (Å²) in [6.07, 6.45) is 2.01. The second kappa shape index (κ2) is 9.98. The Balaban J connectivity index is 1.80. The van der Waals surface area contributed by atoms with E-state index >= 15 is 0 Å². The van der Waals surface area contributed by atoms with Crippen molar-refractivity contribution in [1.29, 1.82) is 5.26 Å². The van der Waals surface area contributed by atoms with Crippen LogP contribution in [0.2, 0.25) is 0 Å². The highest BCUT2D eigenvalue weighted by Gasteiger charge is 2.36. The summed E-state index contributed by atoms with van der Waals surface area (Å²) in [6.45, 7) is 1.24. The molecule has 32 heavy (non-hydrogen) atoms.